The van der Waals surface area contributed by atoms with Crippen molar-refractivity contribution in [3.05, 3.63) is 54.2 Å². The van der Waals surface area contributed by atoms with Crippen molar-refractivity contribution in [1.29, 1.82) is 0 Å². The number of hydrogen-bond acceptors (Lipinski definition) is 4. The zero-order chi connectivity index (χ0) is 17.1. The number of rotatable bonds is 6. The smallest absolute Gasteiger partial charge is 0.275 e. The molecule has 0 bridgehead atoms. The third kappa shape index (κ3) is 4.10. The first-order chi connectivity index (χ1) is 12.3. The average Bonchev–Trinajstić information content (AvgIpc) is 3.31. The molecule has 132 valence electrons. The van der Waals surface area contributed by atoms with Gasteiger partial charge in [-0.3, -0.25) is 4.79 Å². The minimum Gasteiger partial charge on any atom is -0.451 e. The van der Waals surface area contributed by atoms with E-state index < -0.39 is 0 Å². The highest BCUT2D eigenvalue weighted by molar-refractivity contribution is 5.91. The maximum atomic E-state index is 12.6. The van der Waals surface area contributed by atoms with E-state index >= 15 is 0 Å². The Labute approximate surface area is 148 Å². The Kier molecular flexibility index (Phi) is 4.83. The number of nitrogens with zero attached hydrogens (tertiary/aromatic N) is 2. The van der Waals surface area contributed by atoms with Crippen LogP contribution in [0.25, 0.3) is 0 Å². The Balaban J connectivity index is 1.45. The molecule has 1 saturated carbocycles. The predicted molar refractivity (Wildman–Crippen MR) is 93.1 cm³/mol. The number of carbonyl (C=O) groups is 1. The van der Waals surface area contributed by atoms with Gasteiger partial charge in [-0.15, -0.1) is 0 Å². The number of amides is 1. The molecule has 1 aliphatic heterocycles. The van der Waals surface area contributed by atoms with E-state index in [1.807, 2.05) is 11.0 Å². The van der Waals surface area contributed by atoms with E-state index in [9.17, 15) is 4.79 Å². The lowest BCUT2D eigenvalue weighted by Gasteiger charge is -2.38. The molecule has 2 aromatic rings. The van der Waals surface area contributed by atoms with Gasteiger partial charge >= 0.3 is 0 Å². The first kappa shape index (κ1) is 16.3. The topological polar surface area (TPSA) is 55.6 Å². The molecule has 0 N–H and O–H groups in total. The standard InChI is InChI=1S/C20H24N2O3/c23-20(18-13-24-14-21-18)22-9-8-19(25-12-16-6-7-16)17(11-22)10-15-4-2-1-3-5-15/h1-5,13-14,16-17,19H,6-12H2/t17-,19-/m1/s1. The van der Waals surface area contributed by atoms with Crippen molar-refractivity contribution in [3.8, 4) is 0 Å². The molecule has 1 saturated heterocycles. The third-order valence-corrected chi connectivity index (χ3v) is 5.19. The zero-order valence-electron chi connectivity index (χ0n) is 14.3. The molecule has 1 amide bonds. The van der Waals surface area contributed by atoms with Crippen LogP contribution in [0.4, 0.5) is 0 Å². The summed E-state index contributed by atoms with van der Waals surface area (Å²) in [6.07, 6.45) is 7.36. The highest BCUT2D eigenvalue weighted by Gasteiger charge is 2.34. The number of aromatic nitrogens is 1. The largest absolute Gasteiger partial charge is 0.451 e. The Morgan fingerprint density at radius 2 is 2.08 bits per heavy atom. The van der Waals surface area contributed by atoms with Gasteiger partial charge in [0.05, 0.1) is 6.10 Å². The predicted octanol–water partition coefficient (Wildman–Crippen LogP) is 3.17. The van der Waals surface area contributed by atoms with Gasteiger partial charge in [0, 0.05) is 25.6 Å². The molecule has 0 radical (unpaired) electrons. The summed E-state index contributed by atoms with van der Waals surface area (Å²) in [5, 5.41) is 0. The first-order valence-corrected chi connectivity index (χ1v) is 9.12. The van der Waals surface area contributed by atoms with E-state index in [1.54, 1.807) is 0 Å². The molecule has 2 atom stereocenters. The van der Waals surface area contributed by atoms with Gasteiger partial charge in [-0.1, -0.05) is 30.3 Å². The molecule has 2 fully saturated rings. The molecule has 2 heterocycles. The molecule has 5 nitrogen and oxygen atoms in total. The number of piperidine rings is 1. The fraction of sp³-hybridized carbons (Fsp3) is 0.500. The molecule has 5 heteroatoms. The van der Waals surface area contributed by atoms with Crippen molar-refractivity contribution in [1.82, 2.24) is 9.88 Å². The SMILES string of the molecule is O=C(c1cocn1)N1CC[C@@H](OCC2CC2)[C@H](Cc2ccccc2)C1. The first-order valence-electron chi connectivity index (χ1n) is 9.12. The fourth-order valence-electron chi connectivity index (χ4n) is 3.55. The van der Waals surface area contributed by atoms with Gasteiger partial charge < -0.3 is 14.1 Å². The molecule has 4 rings (SSSR count). The van der Waals surface area contributed by atoms with Crippen molar-refractivity contribution in [2.45, 2.75) is 31.8 Å². The monoisotopic (exact) mass is 340 g/mol. The summed E-state index contributed by atoms with van der Waals surface area (Å²) in [7, 11) is 0. The lowest BCUT2D eigenvalue weighted by atomic mass is 9.88. The average molecular weight is 340 g/mol. The molecule has 0 unspecified atom stereocenters. The minimum absolute atomic E-state index is 0.0487. The van der Waals surface area contributed by atoms with Crippen molar-refractivity contribution in [2.75, 3.05) is 19.7 Å². The minimum atomic E-state index is -0.0487. The summed E-state index contributed by atoms with van der Waals surface area (Å²) in [4.78, 5) is 18.5. The summed E-state index contributed by atoms with van der Waals surface area (Å²) in [5.41, 5.74) is 1.68. The van der Waals surface area contributed by atoms with Crippen LogP contribution in [0.3, 0.4) is 0 Å². The van der Waals surface area contributed by atoms with Gasteiger partial charge in [-0.25, -0.2) is 4.98 Å². The molecule has 0 spiro atoms. The van der Waals surface area contributed by atoms with Crippen LogP contribution >= 0.6 is 0 Å². The molecular formula is C20H24N2O3. The molecule has 1 aromatic heterocycles. The summed E-state index contributed by atoms with van der Waals surface area (Å²) in [6, 6.07) is 10.5. The maximum Gasteiger partial charge on any atom is 0.275 e. The number of likely N-dealkylation sites (tertiary alicyclic amines) is 1. The van der Waals surface area contributed by atoms with Gasteiger partial charge in [0.1, 0.15) is 6.26 Å². The lowest BCUT2D eigenvalue weighted by molar-refractivity contribution is -0.0327. The van der Waals surface area contributed by atoms with E-state index in [1.165, 1.54) is 31.1 Å². The number of oxazole rings is 1. The molecular weight excluding hydrogens is 316 g/mol. The number of benzene rings is 1. The van der Waals surface area contributed by atoms with Crippen molar-refractivity contribution in [3.63, 3.8) is 0 Å². The number of hydrogen-bond donors (Lipinski definition) is 0. The van der Waals surface area contributed by atoms with E-state index in [-0.39, 0.29) is 12.0 Å². The maximum absolute atomic E-state index is 12.6. The van der Waals surface area contributed by atoms with Gasteiger partial charge in [-0.05, 0) is 37.2 Å². The summed E-state index contributed by atoms with van der Waals surface area (Å²) in [5.74, 6) is 1.02. The van der Waals surface area contributed by atoms with E-state index in [0.29, 0.717) is 24.7 Å². The van der Waals surface area contributed by atoms with Gasteiger partial charge in [-0.2, -0.15) is 0 Å². The zero-order valence-corrected chi connectivity index (χ0v) is 14.3. The van der Waals surface area contributed by atoms with Gasteiger partial charge in [0.2, 0.25) is 0 Å². The second-order valence-corrected chi connectivity index (χ2v) is 7.18. The second kappa shape index (κ2) is 7.40. The Hall–Kier alpha value is -2.14. The second-order valence-electron chi connectivity index (χ2n) is 7.18. The van der Waals surface area contributed by atoms with Gasteiger partial charge in [0.15, 0.2) is 12.1 Å². The number of carbonyl (C=O) groups excluding carboxylic acids is 1. The third-order valence-electron chi connectivity index (χ3n) is 5.19. The summed E-state index contributed by atoms with van der Waals surface area (Å²) in [6.45, 7) is 2.29. The van der Waals surface area contributed by atoms with Crippen LogP contribution in [-0.2, 0) is 11.2 Å². The van der Waals surface area contributed by atoms with Crippen molar-refractivity contribution in [2.24, 2.45) is 11.8 Å². The lowest BCUT2D eigenvalue weighted by Crippen LogP contribution is -2.47. The molecule has 2 aliphatic rings. The highest BCUT2D eigenvalue weighted by atomic mass is 16.5. The molecule has 25 heavy (non-hydrogen) atoms. The highest BCUT2D eigenvalue weighted by Crippen LogP contribution is 2.32. The van der Waals surface area contributed by atoms with Crippen LogP contribution in [0.15, 0.2) is 47.4 Å². The Bertz CT molecular complexity index is 682. The van der Waals surface area contributed by atoms with Crippen LogP contribution in [0.1, 0.15) is 35.3 Å². The van der Waals surface area contributed by atoms with Crippen LogP contribution in [0.2, 0.25) is 0 Å². The summed E-state index contributed by atoms with van der Waals surface area (Å²) >= 11 is 0. The van der Waals surface area contributed by atoms with Crippen LogP contribution in [0.5, 0.6) is 0 Å². The van der Waals surface area contributed by atoms with Crippen LogP contribution in [-0.4, -0.2) is 41.6 Å². The quantitative estimate of drug-likeness (QED) is 0.810. The van der Waals surface area contributed by atoms with Crippen molar-refractivity contribution < 1.29 is 13.9 Å². The Morgan fingerprint density at radius 1 is 1.24 bits per heavy atom. The van der Waals surface area contributed by atoms with E-state index in [0.717, 1.165) is 25.4 Å². The summed E-state index contributed by atoms with van der Waals surface area (Å²) < 4.78 is 11.2. The normalized spacial score (nSPS) is 23.6. The van der Waals surface area contributed by atoms with Gasteiger partial charge in [0.25, 0.3) is 5.91 Å². The van der Waals surface area contributed by atoms with Crippen molar-refractivity contribution >= 4 is 5.91 Å². The van der Waals surface area contributed by atoms with Crippen LogP contribution < -0.4 is 0 Å². The van der Waals surface area contributed by atoms with E-state index in [2.05, 4.69) is 29.2 Å². The number of ether oxygens (including phenoxy) is 1. The fourth-order valence-corrected chi connectivity index (χ4v) is 3.55. The van der Waals surface area contributed by atoms with E-state index in [4.69, 9.17) is 9.15 Å². The molecule has 1 aromatic carbocycles. The Morgan fingerprint density at radius 3 is 2.80 bits per heavy atom. The molecule has 1 aliphatic carbocycles. The van der Waals surface area contributed by atoms with Crippen LogP contribution in [0, 0.1) is 11.8 Å².